The Bertz CT molecular complexity index is 461. The van der Waals surface area contributed by atoms with E-state index in [1.54, 1.807) is 0 Å². The summed E-state index contributed by atoms with van der Waals surface area (Å²) in [7, 11) is 0. The van der Waals surface area contributed by atoms with E-state index in [9.17, 15) is 4.79 Å². The fourth-order valence-electron chi connectivity index (χ4n) is 1.45. The molecule has 2 rings (SSSR count). The minimum absolute atomic E-state index is 0.0298. The number of carbonyl (C=O) groups is 1. The van der Waals surface area contributed by atoms with E-state index in [1.165, 1.54) is 11.3 Å². The van der Waals surface area contributed by atoms with Gasteiger partial charge in [-0.15, -0.1) is 11.3 Å². The lowest BCUT2D eigenvalue weighted by atomic mass is 10.2. The van der Waals surface area contributed by atoms with Crippen LogP contribution in [0.3, 0.4) is 0 Å². The van der Waals surface area contributed by atoms with Gasteiger partial charge in [-0.25, -0.2) is 0 Å². The minimum Gasteiger partial charge on any atom is -0.351 e. The predicted octanol–water partition coefficient (Wildman–Crippen LogP) is 3.42. The van der Waals surface area contributed by atoms with Crippen molar-refractivity contribution in [1.82, 2.24) is 5.32 Å². The first-order chi connectivity index (χ1) is 7.81. The first kappa shape index (κ1) is 11.6. The molecule has 0 saturated carbocycles. The SMILES string of the molecule is O=C(NCCCBr)c1cc2ccccc2s1. The maximum absolute atomic E-state index is 11.8. The normalized spacial score (nSPS) is 10.6. The summed E-state index contributed by atoms with van der Waals surface area (Å²) in [6.45, 7) is 0.721. The monoisotopic (exact) mass is 297 g/mol. The van der Waals surface area contributed by atoms with Crippen LogP contribution in [0.5, 0.6) is 0 Å². The molecule has 0 fully saturated rings. The predicted molar refractivity (Wildman–Crippen MR) is 72.6 cm³/mol. The molecule has 16 heavy (non-hydrogen) atoms. The van der Waals surface area contributed by atoms with Gasteiger partial charge in [-0.05, 0) is 23.9 Å². The summed E-state index contributed by atoms with van der Waals surface area (Å²) < 4.78 is 1.16. The number of fused-ring (bicyclic) bond motifs is 1. The third kappa shape index (κ3) is 2.62. The molecule has 0 aliphatic heterocycles. The van der Waals surface area contributed by atoms with Crippen LogP contribution in [0.1, 0.15) is 16.1 Å². The molecule has 0 spiro atoms. The zero-order chi connectivity index (χ0) is 11.4. The van der Waals surface area contributed by atoms with Crippen LogP contribution in [0.2, 0.25) is 0 Å². The van der Waals surface area contributed by atoms with E-state index < -0.39 is 0 Å². The zero-order valence-corrected chi connectivity index (χ0v) is 11.1. The highest BCUT2D eigenvalue weighted by atomic mass is 79.9. The third-order valence-corrected chi connectivity index (χ3v) is 3.92. The molecular weight excluding hydrogens is 286 g/mol. The standard InChI is InChI=1S/C12H12BrNOS/c13-6-3-7-14-12(15)11-8-9-4-1-2-5-10(9)16-11/h1-2,4-5,8H,3,6-7H2,(H,14,15). The summed E-state index contributed by atoms with van der Waals surface area (Å²) in [6, 6.07) is 9.99. The van der Waals surface area contributed by atoms with Crippen LogP contribution < -0.4 is 5.32 Å². The molecule has 0 atom stereocenters. The molecule has 1 aromatic carbocycles. The fourth-order valence-corrected chi connectivity index (χ4v) is 2.71. The lowest BCUT2D eigenvalue weighted by Gasteiger charge is -2.00. The van der Waals surface area contributed by atoms with E-state index in [1.807, 2.05) is 30.3 Å². The first-order valence-corrected chi connectivity index (χ1v) is 7.08. The van der Waals surface area contributed by atoms with Gasteiger partial charge in [-0.1, -0.05) is 34.1 Å². The largest absolute Gasteiger partial charge is 0.351 e. The minimum atomic E-state index is 0.0298. The van der Waals surface area contributed by atoms with Gasteiger partial charge in [0, 0.05) is 16.6 Å². The molecule has 2 aromatic rings. The maximum Gasteiger partial charge on any atom is 0.261 e. The number of hydrogen-bond acceptors (Lipinski definition) is 2. The van der Waals surface area contributed by atoms with Gasteiger partial charge in [0.2, 0.25) is 0 Å². The molecular formula is C12H12BrNOS. The number of thiophene rings is 1. The van der Waals surface area contributed by atoms with Crippen LogP contribution in [0.15, 0.2) is 30.3 Å². The van der Waals surface area contributed by atoms with Crippen LogP contribution >= 0.6 is 27.3 Å². The Balaban J connectivity index is 2.11. The van der Waals surface area contributed by atoms with Crippen LogP contribution in [-0.4, -0.2) is 17.8 Å². The molecule has 84 valence electrons. The van der Waals surface area contributed by atoms with Gasteiger partial charge in [0.1, 0.15) is 0 Å². The molecule has 0 aliphatic rings. The van der Waals surface area contributed by atoms with Crippen molar-refractivity contribution in [3.05, 3.63) is 35.2 Å². The van der Waals surface area contributed by atoms with Crippen molar-refractivity contribution in [2.45, 2.75) is 6.42 Å². The summed E-state index contributed by atoms with van der Waals surface area (Å²) in [5.74, 6) is 0.0298. The van der Waals surface area contributed by atoms with E-state index in [0.29, 0.717) is 0 Å². The van der Waals surface area contributed by atoms with E-state index in [-0.39, 0.29) is 5.91 Å². The average Bonchev–Trinajstić information content (AvgIpc) is 2.73. The van der Waals surface area contributed by atoms with Gasteiger partial charge in [0.25, 0.3) is 5.91 Å². The van der Waals surface area contributed by atoms with Crippen molar-refractivity contribution in [2.75, 3.05) is 11.9 Å². The highest BCUT2D eigenvalue weighted by Gasteiger charge is 2.08. The second kappa shape index (κ2) is 5.46. The number of amides is 1. The van der Waals surface area contributed by atoms with Crippen molar-refractivity contribution < 1.29 is 4.79 Å². The number of carbonyl (C=O) groups excluding carboxylic acids is 1. The second-order valence-corrected chi connectivity index (χ2v) is 5.32. The fraction of sp³-hybridized carbons (Fsp3) is 0.250. The molecule has 1 aromatic heterocycles. The quantitative estimate of drug-likeness (QED) is 0.680. The number of benzene rings is 1. The average molecular weight is 298 g/mol. The lowest BCUT2D eigenvalue weighted by molar-refractivity contribution is 0.0958. The number of hydrogen-bond donors (Lipinski definition) is 1. The Morgan fingerprint density at radius 2 is 2.19 bits per heavy atom. The summed E-state index contributed by atoms with van der Waals surface area (Å²) in [5.41, 5.74) is 0. The molecule has 0 aliphatic carbocycles. The maximum atomic E-state index is 11.8. The molecule has 0 unspecified atom stereocenters. The Morgan fingerprint density at radius 3 is 2.94 bits per heavy atom. The molecule has 0 radical (unpaired) electrons. The second-order valence-electron chi connectivity index (χ2n) is 3.45. The first-order valence-electron chi connectivity index (χ1n) is 5.14. The summed E-state index contributed by atoms with van der Waals surface area (Å²) in [6.07, 6.45) is 0.955. The summed E-state index contributed by atoms with van der Waals surface area (Å²) in [4.78, 5) is 12.6. The van der Waals surface area contributed by atoms with Crippen molar-refractivity contribution in [3.63, 3.8) is 0 Å². The smallest absolute Gasteiger partial charge is 0.261 e. The van der Waals surface area contributed by atoms with Crippen molar-refractivity contribution in [3.8, 4) is 0 Å². The number of halogens is 1. The molecule has 0 saturated heterocycles. The zero-order valence-electron chi connectivity index (χ0n) is 8.70. The number of alkyl halides is 1. The van der Waals surface area contributed by atoms with Crippen LogP contribution in [0.4, 0.5) is 0 Å². The van der Waals surface area contributed by atoms with E-state index in [4.69, 9.17) is 0 Å². The van der Waals surface area contributed by atoms with Crippen molar-refractivity contribution in [2.24, 2.45) is 0 Å². The van der Waals surface area contributed by atoms with E-state index >= 15 is 0 Å². The molecule has 1 amide bonds. The van der Waals surface area contributed by atoms with Gasteiger partial charge in [0.15, 0.2) is 0 Å². The van der Waals surface area contributed by atoms with E-state index in [0.717, 1.165) is 33.3 Å². The van der Waals surface area contributed by atoms with Gasteiger partial charge in [-0.3, -0.25) is 4.79 Å². The lowest BCUT2D eigenvalue weighted by Crippen LogP contribution is -2.23. The Hall–Kier alpha value is -0.870. The number of nitrogens with one attached hydrogen (secondary N) is 1. The Morgan fingerprint density at radius 1 is 1.38 bits per heavy atom. The van der Waals surface area contributed by atoms with Gasteiger partial charge < -0.3 is 5.32 Å². The topological polar surface area (TPSA) is 29.1 Å². The van der Waals surface area contributed by atoms with Crippen LogP contribution in [0, 0.1) is 0 Å². The van der Waals surface area contributed by atoms with E-state index in [2.05, 4.69) is 21.2 Å². The third-order valence-electron chi connectivity index (χ3n) is 2.25. The van der Waals surface area contributed by atoms with Gasteiger partial charge in [0.05, 0.1) is 4.88 Å². The number of rotatable bonds is 4. The Labute approximate surface area is 107 Å². The molecule has 2 nitrogen and oxygen atoms in total. The Kier molecular flexibility index (Phi) is 3.96. The highest BCUT2D eigenvalue weighted by Crippen LogP contribution is 2.24. The van der Waals surface area contributed by atoms with Gasteiger partial charge in [-0.2, -0.15) is 0 Å². The summed E-state index contributed by atoms with van der Waals surface area (Å²) in [5, 5.41) is 4.96. The molecule has 1 N–H and O–H groups in total. The molecule has 1 heterocycles. The molecule has 4 heteroatoms. The molecule has 0 bridgehead atoms. The van der Waals surface area contributed by atoms with Crippen LogP contribution in [0.25, 0.3) is 10.1 Å². The van der Waals surface area contributed by atoms with Gasteiger partial charge >= 0.3 is 0 Å². The van der Waals surface area contributed by atoms with Crippen molar-refractivity contribution >= 4 is 43.3 Å². The van der Waals surface area contributed by atoms with Crippen LogP contribution in [-0.2, 0) is 0 Å². The van der Waals surface area contributed by atoms with Crippen molar-refractivity contribution in [1.29, 1.82) is 0 Å². The summed E-state index contributed by atoms with van der Waals surface area (Å²) >= 11 is 4.87. The highest BCUT2D eigenvalue weighted by molar-refractivity contribution is 9.09.